The number of carbonyl (C=O) groups is 1. The highest BCUT2D eigenvalue weighted by molar-refractivity contribution is 7.85. The summed E-state index contributed by atoms with van der Waals surface area (Å²) in [6.07, 6.45) is 4.81. The molecular weight excluding hydrogens is 332 g/mol. The number of rotatable bonds is 15. The largest absolute Gasteiger partial charge is 0.480 e. The molecular formula is C16H35N2O5S+. The summed E-state index contributed by atoms with van der Waals surface area (Å²) >= 11 is 0. The first-order chi connectivity index (χ1) is 11.2. The van der Waals surface area contributed by atoms with Gasteiger partial charge in [-0.05, 0) is 39.2 Å². The van der Waals surface area contributed by atoms with Gasteiger partial charge in [0.1, 0.15) is 6.04 Å². The Morgan fingerprint density at radius 1 is 1.04 bits per heavy atom. The second-order valence-electron chi connectivity index (χ2n) is 6.55. The highest BCUT2D eigenvalue weighted by atomic mass is 32.2. The van der Waals surface area contributed by atoms with Gasteiger partial charge in [0.2, 0.25) is 0 Å². The molecule has 0 amide bonds. The summed E-state index contributed by atoms with van der Waals surface area (Å²) in [5.41, 5.74) is 0. The SMILES string of the molecule is CCC[N+](CCC)(CCCC[C@H](NC)C(=O)O)CCCS(=O)(=O)O. The lowest BCUT2D eigenvalue weighted by Gasteiger charge is -2.39. The first-order valence-corrected chi connectivity index (χ1v) is 10.5. The molecule has 0 aliphatic heterocycles. The van der Waals surface area contributed by atoms with Crippen molar-refractivity contribution in [2.24, 2.45) is 0 Å². The maximum absolute atomic E-state index is 11.0. The number of carboxylic acid groups (broad SMARTS) is 1. The van der Waals surface area contributed by atoms with Crippen LogP contribution in [-0.4, -0.2) is 73.6 Å². The van der Waals surface area contributed by atoms with Crippen molar-refractivity contribution in [1.29, 1.82) is 0 Å². The number of quaternary nitrogens is 1. The van der Waals surface area contributed by atoms with E-state index in [2.05, 4.69) is 19.2 Å². The minimum absolute atomic E-state index is 0.193. The Kier molecular flexibility index (Phi) is 11.4. The Balaban J connectivity index is 4.60. The predicted molar refractivity (Wildman–Crippen MR) is 95.7 cm³/mol. The van der Waals surface area contributed by atoms with Gasteiger partial charge in [-0.2, -0.15) is 8.42 Å². The number of aliphatic carboxylic acids is 1. The highest BCUT2D eigenvalue weighted by Gasteiger charge is 2.26. The zero-order valence-electron chi connectivity index (χ0n) is 15.3. The van der Waals surface area contributed by atoms with Crippen LogP contribution in [0.15, 0.2) is 0 Å². The molecule has 0 unspecified atom stereocenters. The number of nitrogens with one attached hydrogen (secondary N) is 1. The van der Waals surface area contributed by atoms with Crippen molar-refractivity contribution in [3.8, 4) is 0 Å². The van der Waals surface area contributed by atoms with Crippen molar-refractivity contribution < 1.29 is 27.4 Å². The van der Waals surface area contributed by atoms with Crippen LogP contribution in [0.3, 0.4) is 0 Å². The van der Waals surface area contributed by atoms with Gasteiger partial charge in [0, 0.05) is 6.42 Å². The minimum Gasteiger partial charge on any atom is -0.480 e. The van der Waals surface area contributed by atoms with Gasteiger partial charge in [-0.25, -0.2) is 0 Å². The lowest BCUT2D eigenvalue weighted by atomic mass is 10.1. The molecule has 0 aromatic carbocycles. The van der Waals surface area contributed by atoms with Crippen molar-refractivity contribution in [2.75, 3.05) is 39.0 Å². The third-order valence-electron chi connectivity index (χ3n) is 4.45. The van der Waals surface area contributed by atoms with Crippen LogP contribution in [0.4, 0.5) is 0 Å². The third kappa shape index (κ3) is 10.2. The fourth-order valence-electron chi connectivity index (χ4n) is 3.39. The number of likely N-dealkylation sites (N-methyl/N-ethyl adjacent to an activating group) is 1. The molecule has 7 nitrogen and oxygen atoms in total. The average Bonchev–Trinajstić information content (AvgIpc) is 2.46. The Morgan fingerprint density at radius 3 is 2.00 bits per heavy atom. The molecule has 0 bridgehead atoms. The summed E-state index contributed by atoms with van der Waals surface area (Å²) in [5.74, 6) is -1.02. The summed E-state index contributed by atoms with van der Waals surface area (Å²) < 4.78 is 31.7. The van der Waals surface area contributed by atoms with Gasteiger partial charge in [-0.3, -0.25) is 9.35 Å². The van der Waals surface area contributed by atoms with E-state index in [9.17, 15) is 13.2 Å². The monoisotopic (exact) mass is 367 g/mol. The van der Waals surface area contributed by atoms with Gasteiger partial charge >= 0.3 is 5.97 Å². The lowest BCUT2D eigenvalue weighted by Crippen LogP contribution is -2.51. The van der Waals surface area contributed by atoms with Gasteiger partial charge in [0.15, 0.2) is 0 Å². The number of nitrogens with zero attached hydrogens (tertiary/aromatic N) is 1. The zero-order valence-corrected chi connectivity index (χ0v) is 16.1. The van der Waals surface area contributed by atoms with E-state index < -0.39 is 22.1 Å². The van der Waals surface area contributed by atoms with Crippen LogP contribution >= 0.6 is 0 Å². The van der Waals surface area contributed by atoms with E-state index in [1.165, 1.54) is 0 Å². The van der Waals surface area contributed by atoms with Crippen molar-refractivity contribution in [2.45, 2.75) is 58.4 Å². The van der Waals surface area contributed by atoms with Crippen LogP contribution in [0.5, 0.6) is 0 Å². The molecule has 0 rings (SSSR count). The summed E-state index contributed by atoms with van der Waals surface area (Å²) in [6.45, 7) is 7.85. The molecule has 0 aromatic rings. The van der Waals surface area contributed by atoms with Crippen LogP contribution in [-0.2, 0) is 14.9 Å². The first kappa shape index (κ1) is 23.3. The molecule has 0 spiro atoms. The van der Waals surface area contributed by atoms with Gasteiger partial charge < -0.3 is 14.9 Å². The smallest absolute Gasteiger partial charge is 0.320 e. The van der Waals surface area contributed by atoms with Gasteiger partial charge in [-0.1, -0.05) is 13.8 Å². The molecule has 0 fully saturated rings. The quantitative estimate of drug-likeness (QED) is 0.231. The van der Waals surface area contributed by atoms with E-state index in [4.69, 9.17) is 9.66 Å². The first-order valence-electron chi connectivity index (χ1n) is 8.90. The van der Waals surface area contributed by atoms with Gasteiger partial charge in [0.05, 0.1) is 31.9 Å². The molecule has 1 atom stereocenters. The summed E-state index contributed by atoms with van der Waals surface area (Å²) in [5, 5.41) is 11.8. The molecule has 24 heavy (non-hydrogen) atoms. The fraction of sp³-hybridized carbons (Fsp3) is 0.938. The Morgan fingerprint density at radius 2 is 1.58 bits per heavy atom. The Labute approximate surface area is 146 Å². The second kappa shape index (κ2) is 11.8. The molecule has 0 saturated carbocycles. The van der Waals surface area contributed by atoms with Gasteiger partial charge in [-0.15, -0.1) is 0 Å². The zero-order chi connectivity index (χ0) is 18.6. The lowest BCUT2D eigenvalue weighted by molar-refractivity contribution is -0.928. The van der Waals surface area contributed by atoms with Crippen LogP contribution in [0.2, 0.25) is 0 Å². The van der Waals surface area contributed by atoms with Crippen LogP contribution < -0.4 is 5.32 Å². The van der Waals surface area contributed by atoms with Crippen molar-refractivity contribution >= 4 is 16.1 Å². The van der Waals surface area contributed by atoms with Crippen molar-refractivity contribution in [3.05, 3.63) is 0 Å². The van der Waals surface area contributed by atoms with Crippen molar-refractivity contribution in [1.82, 2.24) is 5.32 Å². The van der Waals surface area contributed by atoms with E-state index in [0.717, 1.165) is 56.3 Å². The molecule has 3 N–H and O–H groups in total. The van der Waals surface area contributed by atoms with Crippen LogP contribution in [0.25, 0.3) is 0 Å². The molecule has 0 aromatic heterocycles. The van der Waals surface area contributed by atoms with Crippen LogP contribution in [0.1, 0.15) is 52.4 Å². The standard InChI is InChI=1S/C16H34N2O5S/c1-4-10-18(11-5-2,13-8-14-24(21,22)23)12-7-6-9-15(17-3)16(19)20/h15,17H,4-14H2,1-3H3,(H-,19,20,21,22,23)/p+1/t15-/m0/s1. The maximum atomic E-state index is 11.0. The van der Waals surface area contributed by atoms with Crippen LogP contribution in [0, 0.1) is 0 Å². The molecule has 0 heterocycles. The summed E-state index contributed by atoms with van der Waals surface area (Å²) in [4.78, 5) is 11.0. The van der Waals surface area contributed by atoms with Gasteiger partial charge in [0.25, 0.3) is 10.1 Å². The minimum atomic E-state index is -3.91. The maximum Gasteiger partial charge on any atom is 0.320 e. The predicted octanol–water partition coefficient (Wildman–Crippen LogP) is 1.74. The highest BCUT2D eigenvalue weighted by Crippen LogP contribution is 2.15. The Bertz CT molecular complexity index is 447. The van der Waals surface area contributed by atoms with E-state index in [-0.39, 0.29) is 5.75 Å². The Hall–Kier alpha value is -0.700. The molecule has 144 valence electrons. The summed E-state index contributed by atoms with van der Waals surface area (Å²) in [7, 11) is -2.25. The van der Waals surface area contributed by atoms with E-state index >= 15 is 0 Å². The normalized spacial score (nSPS) is 13.8. The molecule has 0 aliphatic carbocycles. The molecule has 0 aliphatic rings. The van der Waals surface area contributed by atoms with E-state index in [0.29, 0.717) is 12.8 Å². The fourth-order valence-corrected chi connectivity index (χ4v) is 3.88. The molecule has 0 saturated heterocycles. The number of hydrogen-bond donors (Lipinski definition) is 3. The number of unbranched alkanes of at least 4 members (excludes halogenated alkanes) is 1. The molecule has 8 heteroatoms. The molecule has 0 radical (unpaired) electrons. The summed E-state index contributed by atoms with van der Waals surface area (Å²) in [6, 6.07) is -0.510. The van der Waals surface area contributed by atoms with E-state index in [1.54, 1.807) is 7.05 Å². The van der Waals surface area contributed by atoms with Crippen molar-refractivity contribution in [3.63, 3.8) is 0 Å². The van der Waals surface area contributed by atoms with E-state index in [1.807, 2.05) is 0 Å². The topological polar surface area (TPSA) is 104 Å². The average molecular weight is 368 g/mol. The number of carboxylic acids is 1. The second-order valence-corrected chi connectivity index (χ2v) is 8.12. The third-order valence-corrected chi connectivity index (χ3v) is 5.26. The number of hydrogen-bond acceptors (Lipinski definition) is 4.